The summed E-state index contributed by atoms with van der Waals surface area (Å²) in [5, 5.41) is 6.53. The van der Waals surface area contributed by atoms with Crippen LogP contribution in [0.15, 0.2) is 24.3 Å². The molecule has 1 aromatic carbocycles. The van der Waals surface area contributed by atoms with Gasteiger partial charge in [-0.05, 0) is 23.8 Å². The van der Waals surface area contributed by atoms with Gasteiger partial charge in [-0.1, -0.05) is 45.0 Å². The van der Waals surface area contributed by atoms with Crippen LogP contribution in [0.2, 0.25) is 0 Å². The van der Waals surface area contributed by atoms with Crippen molar-refractivity contribution in [2.45, 2.75) is 45.1 Å². The minimum atomic E-state index is 0. The lowest BCUT2D eigenvalue weighted by Crippen LogP contribution is -2.21. The van der Waals surface area contributed by atoms with Gasteiger partial charge >= 0.3 is 0 Å². The molecule has 1 aliphatic rings. The zero-order valence-corrected chi connectivity index (χ0v) is 19.5. The molecule has 9 heteroatoms. The zero-order chi connectivity index (χ0) is 21.4. The summed E-state index contributed by atoms with van der Waals surface area (Å²) in [4.78, 5) is 13.8. The van der Waals surface area contributed by atoms with Crippen molar-refractivity contribution >= 4 is 24.3 Å². The molecule has 0 saturated carbocycles. The van der Waals surface area contributed by atoms with Gasteiger partial charge in [0.15, 0.2) is 5.82 Å². The predicted molar refractivity (Wildman–Crippen MR) is 127 cm³/mol. The van der Waals surface area contributed by atoms with Crippen LogP contribution in [0.4, 0.5) is 11.9 Å². The monoisotopic (exact) mass is 450 g/mol. The van der Waals surface area contributed by atoms with Crippen LogP contribution in [0.25, 0.3) is 11.4 Å². The normalized spacial score (nSPS) is 16.1. The lowest BCUT2D eigenvalue weighted by atomic mass is 9.87. The third-order valence-corrected chi connectivity index (χ3v) is 4.95. The smallest absolute Gasteiger partial charge is 0.228 e. The van der Waals surface area contributed by atoms with Crippen molar-refractivity contribution in [1.29, 1.82) is 0 Å². The number of nitrogens with one attached hydrogen (secondary N) is 2. The van der Waals surface area contributed by atoms with Crippen molar-refractivity contribution in [1.82, 2.24) is 15.0 Å². The standard InChI is InChI=1S/C22H34N6O2.ClH/c1-22(2,3)17-8-6-16(7-9-17)19-26-20(24-11-14-29-13-10-23)28-21(27-19)25-15-18-5-4-12-30-18;/h6-9,18H,4-5,10-15,23H2,1-3H3,(H2,24,25,26,27,28);1H. The Labute approximate surface area is 191 Å². The summed E-state index contributed by atoms with van der Waals surface area (Å²) in [6.45, 7) is 10.3. The molecule has 1 unspecified atom stereocenters. The number of nitrogens with two attached hydrogens (primary N) is 1. The molecule has 2 aromatic rings. The number of nitrogens with zero attached hydrogens (tertiary/aromatic N) is 3. The third-order valence-electron chi connectivity index (χ3n) is 4.95. The molecule has 2 heterocycles. The number of hydrogen-bond donors (Lipinski definition) is 3. The van der Waals surface area contributed by atoms with E-state index in [0.717, 1.165) is 25.0 Å². The molecule has 3 rings (SSSR count). The number of halogens is 1. The van der Waals surface area contributed by atoms with Crippen LogP contribution in [0.3, 0.4) is 0 Å². The second-order valence-corrected chi connectivity index (χ2v) is 8.48. The van der Waals surface area contributed by atoms with E-state index in [2.05, 4.69) is 70.6 Å². The predicted octanol–water partition coefficient (Wildman–Crippen LogP) is 3.24. The van der Waals surface area contributed by atoms with E-state index in [1.807, 2.05) is 0 Å². The van der Waals surface area contributed by atoms with Gasteiger partial charge in [-0.25, -0.2) is 0 Å². The van der Waals surface area contributed by atoms with E-state index < -0.39 is 0 Å². The van der Waals surface area contributed by atoms with Crippen LogP contribution in [-0.2, 0) is 14.9 Å². The van der Waals surface area contributed by atoms with Crippen molar-refractivity contribution in [2.24, 2.45) is 5.73 Å². The van der Waals surface area contributed by atoms with Crippen LogP contribution in [0, 0.1) is 0 Å². The SMILES string of the molecule is CC(C)(C)c1ccc(-c2nc(NCCOCCN)nc(NCC3CCCO3)n2)cc1.Cl. The Morgan fingerprint density at radius 1 is 1.06 bits per heavy atom. The molecule has 172 valence electrons. The first-order valence-corrected chi connectivity index (χ1v) is 10.7. The first-order valence-electron chi connectivity index (χ1n) is 10.7. The molecule has 0 amide bonds. The minimum absolute atomic E-state index is 0. The number of aromatic nitrogens is 3. The van der Waals surface area contributed by atoms with Crippen molar-refractivity contribution in [3.63, 3.8) is 0 Å². The maximum Gasteiger partial charge on any atom is 0.228 e. The van der Waals surface area contributed by atoms with E-state index >= 15 is 0 Å². The van der Waals surface area contributed by atoms with Gasteiger partial charge in [0, 0.05) is 31.8 Å². The van der Waals surface area contributed by atoms with Crippen LogP contribution in [-0.4, -0.2) is 60.5 Å². The van der Waals surface area contributed by atoms with Crippen molar-refractivity contribution in [3.8, 4) is 11.4 Å². The molecule has 0 bridgehead atoms. The highest BCUT2D eigenvalue weighted by molar-refractivity contribution is 5.85. The third kappa shape index (κ3) is 7.88. The average Bonchev–Trinajstić information content (AvgIpc) is 3.25. The Morgan fingerprint density at radius 3 is 2.39 bits per heavy atom. The van der Waals surface area contributed by atoms with Gasteiger partial charge in [0.2, 0.25) is 11.9 Å². The Balaban J connectivity index is 0.00000341. The first kappa shape index (κ1) is 25.3. The summed E-state index contributed by atoms with van der Waals surface area (Å²) in [5.41, 5.74) is 7.77. The second kappa shape index (κ2) is 12.1. The van der Waals surface area contributed by atoms with E-state index in [-0.39, 0.29) is 23.9 Å². The van der Waals surface area contributed by atoms with E-state index in [1.165, 1.54) is 5.56 Å². The molecular formula is C22H35ClN6O2. The molecule has 8 nitrogen and oxygen atoms in total. The van der Waals surface area contributed by atoms with Gasteiger partial charge in [0.25, 0.3) is 0 Å². The molecule has 1 aromatic heterocycles. The van der Waals surface area contributed by atoms with Gasteiger partial charge in [0.05, 0.1) is 19.3 Å². The molecule has 1 atom stereocenters. The highest BCUT2D eigenvalue weighted by Crippen LogP contribution is 2.25. The summed E-state index contributed by atoms with van der Waals surface area (Å²) in [6, 6.07) is 8.39. The Hall–Kier alpha value is -2.00. The quantitative estimate of drug-likeness (QED) is 0.473. The molecular weight excluding hydrogens is 416 g/mol. The fraction of sp³-hybridized carbons (Fsp3) is 0.591. The van der Waals surface area contributed by atoms with Crippen molar-refractivity contribution in [3.05, 3.63) is 29.8 Å². The zero-order valence-electron chi connectivity index (χ0n) is 18.7. The van der Waals surface area contributed by atoms with Gasteiger partial charge in [0.1, 0.15) is 0 Å². The second-order valence-electron chi connectivity index (χ2n) is 8.48. The van der Waals surface area contributed by atoms with Gasteiger partial charge in [-0.3, -0.25) is 0 Å². The lowest BCUT2D eigenvalue weighted by Gasteiger charge is -2.19. The highest BCUT2D eigenvalue weighted by Gasteiger charge is 2.17. The fourth-order valence-corrected chi connectivity index (χ4v) is 3.21. The molecule has 1 aliphatic heterocycles. The van der Waals surface area contributed by atoms with Crippen LogP contribution in [0.5, 0.6) is 0 Å². The largest absolute Gasteiger partial charge is 0.378 e. The number of ether oxygens (including phenoxy) is 2. The summed E-state index contributed by atoms with van der Waals surface area (Å²) >= 11 is 0. The van der Waals surface area contributed by atoms with E-state index in [9.17, 15) is 0 Å². The number of anilines is 2. The minimum Gasteiger partial charge on any atom is -0.378 e. The summed E-state index contributed by atoms with van der Waals surface area (Å²) in [6.07, 6.45) is 2.37. The summed E-state index contributed by atoms with van der Waals surface area (Å²) < 4.78 is 11.1. The number of hydrogen-bond acceptors (Lipinski definition) is 8. The highest BCUT2D eigenvalue weighted by atomic mass is 35.5. The molecule has 1 fully saturated rings. The van der Waals surface area contributed by atoms with Crippen LogP contribution in [0.1, 0.15) is 39.2 Å². The summed E-state index contributed by atoms with van der Waals surface area (Å²) in [7, 11) is 0. The molecule has 1 saturated heterocycles. The Morgan fingerprint density at radius 2 is 1.77 bits per heavy atom. The topological polar surface area (TPSA) is 107 Å². The lowest BCUT2D eigenvalue weighted by molar-refractivity contribution is 0.120. The maximum atomic E-state index is 5.69. The molecule has 0 aliphatic carbocycles. The van der Waals surface area contributed by atoms with Crippen molar-refractivity contribution in [2.75, 3.05) is 50.1 Å². The van der Waals surface area contributed by atoms with Gasteiger partial charge in [-0.2, -0.15) is 15.0 Å². The molecule has 0 radical (unpaired) electrons. The maximum absolute atomic E-state index is 5.69. The summed E-state index contributed by atoms with van der Waals surface area (Å²) in [5.74, 6) is 1.69. The average molecular weight is 451 g/mol. The molecule has 4 N–H and O–H groups in total. The van der Waals surface area contributed by atoms with Crippen molar-refractivity contribution < 1.29 is 9.47 Å². The first-order chi connectivity index (χ1) is 14.5. The number of rotatable bonds is 10. The van der Waals surface area contributed by atoms with E-state index in [4.69, 9.17) is 15.2 Å². The fourth-order valence-electron chi connectivity index (χ4n) is 3.21. The molecule has 31 heavy (non-hydrogen) atoms. The van der Waals surface area contributed by atoms with E-state index in [0.29, 0.717) is 50.6 Å². The van der Waals surface area contributed by atoms with Gasteiger partial charge < -0.3 is 25.8 Å². The number of benzene rings is 1. The molecule has 0 spiro atoms. The Bertz CT molecular complexity index is 792. The Kier molecular flexibility index (Phi) is 9.90. The van der Waals surface area contributed by atoms with E-state index in [1.54, 1.807) is 0 Å². The van der Waals surface area contributed by atoms with Gasteiger partial charge in [-0.15, -0.1) is 12.4 Å². The van der Waals surface area contributed by atoms with Crippen LogP contribution < -0.4 is 16.4 Å². The van der Waals surface area contributed by atoms with Crippen LogP contribution >= 0.6 is 12.4 Å².